The fraction of sp³-hybridized carbons (Fsp3) is 0.300. The zero-order chi connectivity index (χ0) is 19.1. The minimum atomic E-state index is -0.106. The van der Waals surface area contributed by atoms with E-state index in [9.17, 15) is 4.79 Å². The van der Waals surface area contributed by atoms with Gasteiger partial charge in [-0.1, -0.05) is 30.3 Å². The molecule has 1 amide bonds. The number of para-hydroxylation sites is 2. The molecule has 6 nitrogen and oxygen atoms in total. The van der Waals surface area contributed by atoms with Gasteiger partial charge < -0.3 is 20.9 Å². The Morgan fingerprint density at radius 2 is 1.93 bits per heavy atom. The Kier molecular flexibility index (Phi) is 6.70. The van der Waals surface area contributed by atoms with E-state index >= 15 is 0 Å². The molecular formula is C20H24BrN5O. The van der Waals surface area contributed by atoms with Crippen LogP contribution >= 0.6 is 15.9 Å². The summed E-state index contributed by atoms with van der Waals surface area (Å²) in [5, 5.41) is 9.34. The Hall–Kier alpha value is -2.54. The van der Waals surface area contributed by atoms with Crippen LogP contribution in [0.4, 0.5) is 11.4 Å². The normalized spacial score (nSPS) is 16.9. The number of benzene rings is 2. The first-order valence-corrected chi connectivity index (χ1v) is 9.76. The number of hydrogen-bond acceptors (Lipinski definition) is 3. The van der Waals surface area contributed by atoms with Crippen molar-refractivity contribution in [1.82, 2.24) is 10.6 Å². The fourth-order valence-electron chi connectivity index (χ4n) is 3.08. The Morgan fingerprint density at radius 1 is 1.19 bits per heavy atom. The summed E-state index contributed by atoms with van der Waals surface area (Å²) in [6, 6.07) is 17.9. The molecule has 3 rings (SSSR count). The number of guanidine groups is 1. The Bertz CT molecular complexity index is 796. The lowest BCUT2D eigenvalue weighted by molar-refractivity contribution is -0.115. The number of halogens is 1. The molecule has 1 atom stereocenters. The van der Waals surface area contributed by atoms with E-state index in [1.807, 2.05) is 42.5 Å². The number of amides is 1. The van der Waals surface area contributed by atoms with Crippen molar-refractivity contribution in [1.29, 1.82) is 0 Å². The third-order valence-electron chi connectivity index (χ3n) is 4.42. The zero-order valence-corrected chi connectivity index (χ0v) is 16.9. The molecule has 0 spiro atoms. The van der Waals surface area contributed by atoms with Gasteiger partial charge in [0.25, 0.3) is 0 Å². The molecule has 0 saturated carbocycles. The fourth-order valence-corrected chi connectivity index (χ4v) is 3.62. The van der Waals surface area contributed by atoms with Crippen LogP contribution in [0.2, 0.25) is 0 Å². The van der Waals surface area contributed by atoms with Gasteiger partial charge in [-0.2, -0.15) is 0 Å². The van der Waals surface area contributed by atoms with Gasteiger partial charge >= 0.3 is 0 Å². The maximum absolute atomic E-state index is 12.1. The number of nitrogens with zero attached hydrogens (tertiary/aromatic N) is 2. The maximum atomic E-state index is 12.1. The summed E-state index contributed by atoms with van der Waals surface area (Å²) in [4.78, 5) is 18.7. The average Bonchev–Trinajstić information content (AvgIpc) is 3.14. The molecule has 0 radical (unpaired) electrons. The number of nitrogens with one attached hydrogen (secondary N) is 3. The van der Waals surface area contributed by atoms with Crippen LogP contribution in [0.15, 0.2) is 64.1 Å². The van der Waals surface area contributed by atoms with Gasteiger partial charge in [0.05, 0.1) is 12.2 Å². The second-order valence-corrected chi connectivity index (χ2v) is 7.22. The van der Waals surface area contributed by atoms with Crippen molar-refractivity contribution < 1.29 is 4.79 Å². The smallest absolute Gasteiger partial charge is 0.243 e. The van der Waals surface area contributed by atoms with E-state index < -0.39 is 0 Å². The minimum Gasteiger partial charge on any atom is -0.368 e. The number of anilines is 2. The molecule has 2 aromatic rings. The van der Waals surface area contributed by atoms with Gasteiger partial charge in [-0.15, -0.1) is 0 Å². The third kappa shape index (κ3) is 5.47. The molecule has 1 heterocycles. The topological polar surface area (TPSA) is 68.8 Å². The second-order valence-electron chi connectivity index (χ2n) is 6.37. The largest absolute Gasteiger partial charge is 0.368 e. The minimum absolute atomic E-state index is 0.106. The number of carbonyl (C=O) groups excluding carboxylic acids is 1. The quantitative estimate of drug-likeness (QED) is 0.504. The van der Waals surface area contributed by atoms with Crippen molar-refractivity contribution in [2.45, 2.75) is 12.5 Å². The standard InChI is InChI=1S/C20H24BrN5O/c1-22-20(23-13-19(27)24-15-7-3-2-4-8-15)25-16-11-12-26(14-16)18-10-6-5-9-17(18)21/h2-10,16H,11-14H2,1H3,(H,24,27)(H2,22,23,25). The number of aliphatic imine (C=N–C) groups is 1. The van der Waals surface area contributed by atoms with E-state index in [0.29, 0.717) is 5.96 Å². The van der Waals surface area contributed by atoms with E-state index in [0.717, 1.165) is 29.7 Å². The number of carbonyl (C=O) groups is 1. The van der Waals surface area contributed by atoms with Crippen LogP contribution in [0.1, 0.15) is 6.42 Å². The van der Waals surface area contributed by atoms with Crippen molar-refractivity contribution in [2.75, 3.05) is 36.9 Å². The molecule has 1 fully saturated rings. The van der Waals surface area contributed by atoms with Crippen LogP contribution in [0.25, 0.3) is 0 Å². The molecule has 142 valence electrons. The first kappa shape index (κ1) is 19.2. The molecule has 7 heteroatoms. The van der Waals surface area contributed by atoms with Crippen LogP contribution in [-0.4, -0.2) is 44.6 Å². The average molecular weight is 430 g/mol. The van der Waals surface area contributed by atoms with Crippen molar-refractivity contribution in [3.8, 4) is 0 Å². The summed E-state index contributed by atoms with van der Waals surface area (Å²) < 4.78 is 1.10. The molecule has 1 unspecified atom stereocenters. The van der Waals surface area contributed by atoms with Crippen molar-refractivity contribution in [3.63, 3.8) is 0 Å². The van der Waals surface area contributed by atoms with Crippen molar-refractivity contribution >= 4 is 39.2 Å². The molecule has 0 aliphatic carbocycles. The lowest BCUT2D eigenvalue weighted by Gasteiger charge is -2.21. The highest BCUT2D eigenvalue weighted by Gasteiger charge is 2.24. The summed E-state index contributed by atoms with van der Waals surface area (Å²) >= 11 is 3.62. The lowest BCUT2D eigenvalue weighted by atomic mass is 10.3. The zero-order valence-electron chi connectivity index (χ0n) is 15.3. The van der Waals surface area contributed by atoms with E-state index in [1.165, 1.54) is 5.69 Å². The van der Waals surface area contributed by atoms with Gasteiger partial charge in [-0.25, -0.2) is 0 Å². The Morgan fingerprint density at radius 3 is 2.67 bits per heavy atom. The first-order valence-electron chi connectivity index (χ1n) is 8.97. The molecular weight excluding hydrogens is 406 g/mol. The highest BCUT2D eigenvalue weighted by Crippen LogP contribution is 2.28. The van der Waals surface area contributed by atoms with Crippen molar-refractivity contribution in [2.24, 2.45) is 4.99 Å². The summed E-state index contributed by atoms with van der Waals surface area (Å²) in [5.41, 5.74) is 1.99. The van der Waals surface area contributed by atoms with E-state index in [-0.39, 0.29) is 18.5 Å². The van der Waals surface area contributed by atoms with Crippen molar-refractivity contribution in [3.05, 3.63) is 59.1 Å². The van der Waals surface area contributed by atoms with Gasteiger partial charge in [-0.3, -0.25) is 9.79 Å². The number of rotatable bonds is 5. The maximum Gasteiger partial charge on any atom is 0.243 e. The molecule has 1 aliphatic rings. The van der Waals surface area contributed by atoms with E-state index in [1.54, 1.807) is 7.05 Å². The SMILES string of the molecule is CN=C(NCC(=O)Nc1ccccc1)NC1CCN(c2ccccc2Br)C1. The van der Waals surface area contributed by atoms with Crippen LogP contribution < -0.4 is 20.9 Å². The summed E-state index contributed by atoms with van der Waals surface area (Å²) in [6.45, 7) is 2.03. The first-order chi connectivity index (χ1) is 13.2. The summed E-state index contributed by atoms with van der Waals surface area (Å²) in [6.07, 6.45) is 1.01. The van der Waals surface area contributed by atoms with E-state index in [2.05, 4.69) is 53.9 Å². The monoisotopic (exact) mass is 429 g/mol. The predicted molar refractivity (Wildman–Crippen MR) is 114 cm³/mol. The molecule has 2 aromatic carbocycles. The second kappa shape index (κ2) is 9.41. The van der Waals surface area contributed by atoms with E-state index in [4.69, 9.17) is 0 Å². The van der Waals surface area contributed by atoms with Crippen LogP contribution in [0, 0.1) is 0 Å². The lowest BCUT2D eigenvalue weighted by Crippen LogP contribution is -2.46. The number of hydrogen-bond donors (Lipinski definition) is 3. The highest BCUT2D eigenvalue weighted by molar-refractivity contribution is 9.10. The van der Waals surface area contributed by atoms with Gasteiger partial charge in [0.1, 0.15) is 0 Å². The van der Waals surface area contributed by atoms with Gasteiger partial charge in [-0.05, 0) is 46.6 Å². The van der Waals surface area contributed by atoms with Crippen LogP contribution in [0.5, 0.6) is 0 Å². The Balaban J connectivity index is 1.47. The predicted octanol–water partition coefficient (Wildman–Crippen LogP) is 2.83. The molecule has 0 bridgehead atoms. The molecule has 1 aliphatic heterocycles. The highest BCUT2D eigenvalue weighted by atomic mass is 79.9. The molecule has 0 aromatic heterocycles. The summed E-state index contributed by atoms with van der Waals surface area (Å²) in [5.74, 6) is 0.530. The van der Waals surface area contributed by atoms with Crippen LogP contribution in [0.3, 0.4) is 0 Å². The van der Waals surface area contributed by atoms with Gasteiger partial charge in [0.2, 0.25) is 5.91 Å². The Labute approximate surface area is 168 Å². The van der Waals surface area contributed by atoms with Gasteiger partial charge in [0, 0.05) is 36.3 Å². The molecule has 27 heavy (non-hydrogen) atoms. The molecule has 3 N–H and O–H groups in total. The molecule has 1 saturated heterocycles. The van der Waals surface area contributed by atoms with Crippen LogP contribution in [-0.2, 0) is 4.79 Å². The summed E-state index contributed by atoms with van der Waals surface area (Å²) in [7, 11) is 1.71. The third-order valence-corrected chi connectivity index (χ3v) is 5.09. The van der Waals surface area contributed by atoms with Gasteiger partial charge in [0.15, 0.2) is 5.96 Å².